The van der Waals surface area contributed by atoms with Crippen LogP contribution in [-0.4, -0.2) is 185 Å². The first-order chi connectivity index (χ1) is 52.5. The first-order valence-electron chi connectivity index (χ1n) is 42.5. The van der Waals surface area contributed by atoms with Crippen LogP contribution >= 0.6 is 0 Å². The number of carbonyl (C=O) groups excluding carboxylic acids is 10. The van der Waals surface area contributed by atoms with Crippen molar-refractivity contribution in [3.8, 4) is 0 Å². The fourth-order valence-corrected chi connectivity index (χ4v) is 13.5. The molecule has 0 aromatic heterocycles. The van der Waals surface area contributed by atoms with E-state index >= 15 is 0 Å². The van der Waals surface area contributed by atoms with E-state index in [0.717, 1.165) is 119 Å². The van der Waals surface area contributed by atoms with Gasteiger partial charge in [0.1, 0.15) is 56.1 Å². The van der Waals surface area contributed by atoms with E-state index in [1.807, 2.05) is 62.9 Å². The average molecular weight is 1590 g/mol. The summed E-state index contributed by atoms with van der Waals surface area (Å²) in [7, 11) is 11.0. The molecule has 660 valence electrons. The molecule has 0 aliphatic heterocycles. The molecule has 8 rings (SSSR count). The Labute approximate surface area is 677 Å². The van der Waals surface area contributed by atoms with Crippen molar-refractivity contribution in [2.24, 2.45) is 46.8 Å². The van der Waals surface area contributed by atoms with Crippen molar-refractivity contribution in [1.82, 2.24) is 21.3 Å². The minimum absolute atomic E-state index is 0.0648. The van der Waals surface area contributed by atoms with Crippen LogP contribution in [0.2, 0.25) is 0 Å². The Kier molecular flexibility index (Phi) is 87.1. The van der Waals surface area contributed by atoms with Crippen molar-refractivity contribution < 1.29 is 95.3 Å². The summed E-state index contributed by atoms with van der Waals surface area (Å²) in [5.41, 5.74) is 0.407. The highest BCUT2D eigenvalue weighted by Crippen LogP contribution is 2.62. The first kappa shape index (κ1) is 119. The number of likely N-dealkylation sites (N-methyl/N-ethyl adjacent to an activating group) is 1. The number of hydrogen-bond donors (Lipinski definition) is 4. The minimum Gasteiger partial charge on any atom is -0.466 e. The van der Waals surface area contributed by atoms with Crippen LogP contribution in [0.25, 0.3) is 0 Å². The maximum absolute atomic E-state index is 11.2. The van der Waals surface area contributed by atoms with Crippen LogP contribution in [0.3, 0.4) is 0 Å². The lowest BCUT2D eigenvalue weighted by Gasteiger charge is -2.60. The molecular formula is C87H172N4O20. The molecule has 0 aromatic rings. The Balaban J connectivity index is -0.000000216. The van der Waals surface area contributed by atoms with Gasteiger partial charge in [-0.3, -0.25) is 47.9 Å². The van der Waals surface area contributed by atoms with E-state index in [-0.39, 0.29) is 96.6 Å². The van der Waals surface area contributed by atoms with Gasteiger partial charge in [-0.2, -0.15) is 0 Å². The van der Waals surface area contributed by atoms with Gasteiger partial charge in [-0.05, 0) is 224 Å². The number of nitrogens with one attached hydrogen (secondary N) is 4. The van der Waals surface area contributed by atoms with Gasteiger partial charge in [-0.1, -0.05) is 130 Å². The molecule has 8 atom stereocenters. The normalized spacial score (nSPS) is 22.7. The van der Waals surface area contributed by atoms with Gasteiger partial charge in [0.15, 0.2) is 0 Å². The molecule has 8 aliphatic rings. The lowest BCUT2D eigenvalue weighted by Crippen LogP contribution is -2.56. The van der Waals surface area contributed by atoms with E-state index in [0.29, 0.717) is 76.3 Å². The molecule has 6 bridgehead atoms. The van der Waals surface area contributed by atoms with Crippen molar-refractivity contribution in [3.63, 3.8) is 0 Å². The maximum Gasteiger partial charge on any atom is 0.305 e. The Morgan fingerprint density at radius 3 is 1.22 bits per heavy atom. The average Bonchev–Trinajstić information content (AvgIpc) is 1.53. The molecule has 8 aliphatic carbocycles. The third-order valence-corrected chi connectivity index (χ3v) is 18.0. The van der Waals surface area contributed by atoms with Gasteiger partial charge in [-0.25, -0.2) is 0 Å². The Bertz CT molecular complexity index is 2180. The summed E-state index contributed by atoms with van der Waals surface area (Å²) in [5, 5.41) is 11.6. The maximum atomic E-state index is 11.2. The van der Waals surface area contributed by atoms with Crippen LogP contribution in [0.4, 0.5) is 0 Å². The highest BCUT2D eigenvalue weighted by Gasteiger charge is 2.57. The highest BCUT2D eigenvalue weighted by molar-refractivity contribution is 5.78. The fourth-order valence-electron chi connectivity index (χ4n) is 13.5. The van der Waals surface area contributed by atoms with E-state index in [9.17, 15) is 47.9 Å². The predicted octanol–water partition coefficient (Wildman–Crippen LogP) is 17.0. The zero-order chi connectivity index (χ0) is 86.6. The Morgan fingerprint density at radius 2 is 0.856 bits per heavy atom. The largest absolute Gasteiger partial charge is 0.466 e. The molecule has 0 spiro atoms. The fraction of sp³-hybridized carbons (Fsp3) is 0.885. The Hall–Kier alpha value is -5.30. The highest BCUT2D eigenvalue weighted by atomic mass is 16.6. The summed E-state index contributed by atoms with van der Waals surface area (Å²) in [6.45, 7) is 47.0. The lowest BCUT2D eigenvalue weighted by molar-refractivity contribution is -0.197. The predicted molar refractivity (Wildman–Crippen MR) is 448 cm³/mol. The minimum atomic E-state index is -0.360. The zero-order valence-corrected chi connectivity index (χ0v) is 76.1. The summed E-state index contributed by atoms with van der Waals surface area (Å²) < 4.78 is 49.1. The van der Waals surface area contributed by atoms with Gasteiger partial charge in [-0.15, -0.1) is 0 Å². The SMILES string of the molecule is CC.CC(=O)OC12CC3CC(CC(C)(C3)C1)C2.CC(=O)OC1CC2CC1CC2C.CC(=O)OC1CCC(C)C1.CC(=O)OC1CCC(C)CC1.CCC.CCC(=O)OCCNC.CCC(=O)OCCOC.CCCC.CCCC(=O)CCCOC(C)=O.CCCC(=O)OCCOC(C)=O.CCCNC.CCNC.CNC. The number of rotatable bonds is 27. The van der Waals surface area contributed by atoms with Crippen LogP contribution in [0.1, 0.15) is 332 Å². The molecule has 24 nitrogen and oxygen atoms in total. The molecule has 8 unspecified atom stereocenters. The van der Waals surface area contributed by atoms with E-state index in [1.54, 1.807) is 27.9 Å². The number of fused-ring (bicyclic) bond motifs is 2. The number of methoxy groups -OCH3 is 1. The third kappa shape index (κ3) is 78.4. The van der Waals surface area contributed by atoms with Gasteiger partial charge in [0.25, 0.3) is 0 Å². The molecule has 4 N–H and O–H groups in total. The summed E-state index contributed by atoms with van der Waals surface area (Å²) in [4.78, 5) is 106. The molecule has 0 radical (unpaired) electrons. The molecule has 0 saturated heterocycles. The quantitative estimate of drug-likeness (QED) is 0.0337. The second-order valence-corrected chi connectivity index (χ2v) is 29.8. The van der Waals surface area contributed by atoms with Crippen LogP contribution in [-0.2, 0) is 95.3 Å². The number of ether oxygens (including phenoxy) is 10. The van der Waals surface area contributed by atoms with Gasteiger partial charge >= 0.3 is 53.7 Å². The number of Topliss-reactive ketones (excluding diaryl/α,β-unsaturated/α-hetero) is 1. The van der Waals surface area contributed by atoms with Crippen LogP contribution in [0.5, 0.6) is 0 Å². The van der Waals surface area contributed by atoms with Crippen molar-refractivity contribution in [2.75, 3.05) is 102 Å². The van der Waals surface area contributed by atoms with Crippen molar-refractivity contribution in [2.45, 2.75) is 356 Å². The standard InChI is InChI=1S/C13H20O2.C10H16O2.C9H16O3.C9H16O2.C8H14O4.C8H14O2.C6H13NO2.C6H12O3.C4H11N.C4H10.C3H9N.C3H8.C2H7N.C2H6/c1-9(14)15-13-6-10-3-11(7-13)5-12(2,4-10)8-13;1-6-3-9-4-8(6)5-10(9)12-7(2)11;1-3-5-9(11)6-4-7-12-8(2)10;1-7-3-5-9(6-4-7)11-8(2)10;1-3-4-8(10)12-6-5-11-7(2)9;1-6-3-4-8(5-6)10-7(2)9;1-3-6(8)9-5-4-7-2;1-3-6(7)9-5-4-8-2;1-3-4-5-2;2*1-3-4-2;2*1-3-2;1-2/h10-11H,3-8H2,1-2H3;6,8-10H,3-5H2,1-2H3;3-7H2,1-2H3;7,9H,3-6H2,1-2H3;3-6H2,1-2H3;6,8H,3-5H2,1-2H3;7H,3-5H2,1-2H3;3-5H2,1-2H3;5H,3-4H2,1-2H3;3-4H2,1-2H3;4H,3H2,1-2H3;3H2,1-2H3;3H,1-2H3;1-2H3. The molecule has 24 heteroatoms. The van der Waals surface area contributed by atoms with Crippen molar-refractivity contribution >= 4 is 59.5 Å². The summed E-state index contributed by atoms with van der Waals surface area (Å²) in [6, 6.07) is 0. The second-order valence-electron chi connectivity index (χ2n) is 29.8. The third-order valence-electron chi connectivity index (χ3n) is 18.0. The molecule has 0 aromatic carbocycles. The molecule has 8 saturated carbocycles. The summed E-state index contributed by atoms with van der Waals surface area (Å²) in [6.07, 6.45) is 29.6. The van der Waals surface area contributed by atoms with Crippen LogP contribution in [0.15, 0.2) is 0 Å². The molecular weight excluding hydrogens is 1420 g/mol. The number of ketones is 1. The number of carbonyl (C=O) groups is 10. The van der Waals surface area contributed by atoms with Crippen molar-refractivity contribution in [3.05, 3.63) is 0 Å². The molecule has 111 heavy (non-hydrogen) atoms. The van der Waals surface area contributed by atoms with Gasteiger partial charge in [0.05, 0.1) is 13.2 Å². The van der Waals surface area contributed by atoms with Gasteiger partial charge in [0.2, 0.25) is 0 Å². The lowest BCUT2D eigenvalue weighted by atomic mass is 9.48. The van der Waals surface area contributed by atoms with Gasteiger partial charge < -0.3 is 68.6 Å². The number of esters is 9. The van der Waals surface area contributed by atoms with E-state index in [4.69, 9.17) is 28.4 Å². The monoisotopic (exact) mass is 1590 g/mol. The summed E-state index contributed by atoms with van der Waals surface area (Å²) in [5.74, 6) is 4.18. The topological polar surface area (TPSA) is 311 Å². The molecule has 8 fully saturated rings. The van der Waals surface area contributed by atoms with Gasteiger partial charge in [0, 0.05) is 87.3 Å². The summed E-state index contributed by atoms with van der Waals surface area (Å²) >= 11 is 0. The van der Waals surface area contributed by atoms with E-state index in [1.165, 1.54) is 112 Å². The van der Waals surface area contributed by atoms with Crippen LogP contribution in [0, 0.1) is 46.8 Å². The second kappa shape index (κ2) is 81.3. The van der Waals surface area contributed by atoms with Crippen molar-refractivity contribution in [1.29, 1.82) is 0 Å². The Morgan fingerprint density at radius 1 is 0.414 bits per heavy atom. The van der Waals surface area contributed by atoms with E-state index in [2.05, 4.69) is 109 Å². The first-order valence-corrected chi connectivity index (χ1v) is 42.5. The van der Waals surface area contributed by atoms with Crippen LogP contribution < -0.4 is 21.3 Å². The molecule has 0 amide bonds. The number of unbranched alkanes of at least 4 members (excludes halogenated alkanes) is 1. The van der Waals surface area contributed by atoms with E-state index < -0.39 is 0 Å². The zero-order valence-electron chi connectivity index (χ0n) is 76.1. The molecule has 0 heterocycles. The smallest absolute Gasteiger partial charge is 0.305 e. The number of hydrogen-bond acceptors (Lipinski definition) is 24.